The molecule has 1 aliphatic carbocycles. The van der Waals surface area contributed by atoms with Crippen molar-refractivity contribution in [2.24, 2.45) is 16.8 Å². The molecule has 2 aliphatic heterocycles. The summed E-state index contributed by atoms with van der Waals surface area (Å²) in [5.41, 5.74) is 0. The molecule has 0 radical (unpaired) electrons. The van der Waals surface area contributed by atoms with Gasteiger partial charge in [0, 0.05) is 45.9 Å². The minimum atomic E-state index is 0. The lowest BCUT2D eigenvalue weighted by molar-refractivity contribution is 0.0315. The average molecular weight is 466 g/mol. The second kappa shape index (κ2) is 11.6. The van der Waals surface area contributed by atoms with E-state index in [-0.39, 0.29) is 24.0 Å². The number of ether oxygens (including phenoxy) is 2. The lowest BCUT2D eigenvalue weighted by Crippen LogP contribution is -2.42. The van der Waals surface area contributed by atoms with Crippen LogP contribution in [0, 0.1) is 11.8 Å². The van der Waals surface area contributed by atoms with Gasteiger partial charge < -0.3 is 19.7 Å². The molecule has 6 nitrogen and oxygen atoms in total. The number of nitrogens with zero attached hydrogens (tertiary/aromatic N) is 3. The summed E-state index contributed by atoms with van der Waals surface area (Å²) in [4.78, 5) is 9.74. The van der Waals surface area contributed by atoms with Crippen LogP contribution in [-0.2, 0) is 9.47 Å². The van der Waals surface area contributed by atoms with Crippen molar-refractivity contribution in [2.45, 2.75) is 26.2 Å². The molecule has 146 valence electrons. The molecule has 1 saturated carbocycles. The first-order valence-electron chi connectivity index (χ1n) is 9.76. The molecule has 3 aliphatic rings. The van der Waals surface area contributed by atoms with Gasteiger partial charge in [0.2, 0.25) is 0 Å². The zero-order valence-corrected chi connectivity index (χ0v) is 18.0. The van der Waals surface area contributed by atoms with Crippen LogP contribution in [0.5, 0.6) is 0 Å². The zero-order chi connectivity index (χ0) is 16.6. The van der Waals surface area contributed by atoms with Crippen molar-refractivity contribution >= 4 is 29.9 Å². The molecule has 3 rings (SSSR count). The molecule has 0 aromatic rings. The molecule has 1 unspecified atom stereocenters. The first kappa shape index (κ1) is 21.2. The molecule has 1 N–H and O–H groups in total. The molecule has 0 aromatic heterocycles. The maximum absolute atomic E-state index is 5.70. The first-order chi connectivity index (χ1) is 11.8. The number of nitrogens with one attached hydrogen (secondary N) is 1. The Morgan fingerprint density at radius 3 is 2.68 bits per heavy atom. The van der Waals surface area contributed by atoms with Gasteiger partial charge >= 0.3 is 0 Å². The van der Waals surface area contributed by atoms with Crippen molar-refractivity contribution in [1.29, 1.82) is 0 Å². The Hall–Kier alpha value is -0.120. The molecule has 2 heterocycles. The molecule has 3 fully saturated rings. The van der Waals surface area contributed by atoms with E-state index in [0.717, 1.165) is 83.5 Å². The summed E-state index contributed by atoms with van der Waals surface area (Å²) in [6, 6.07) is 0. The number of halogens is 1. The van der Waals surface area contributed by atoms with E-state index in [0.29, 0.717) is 0 Å². The van der Waals surface area contributed by atoms with E-state index >= 15 is 0 Å². The fourth-order valence-electron chi connectivity index (χ4n) is 3.50. The van der Waals surface area contributed by atoms with Crippen LogP contribution in [0.4, 0.5) is 0 Å². The normalized spacial score (nSPS) is 25.1. The topological polar surface area (TPSA) is 49.3 Å². The third-order valence-electron chi connectivity index (χ3n) is 5.09. The molecule has 0 amide bonds. The molecule has 7 heteroatoms. The predicted octanol–water partition coefficient (Wildman–Crippen LogP) is 1.65. The van der Waals surface area contributed by atoms with Crippen molar-refractivity contribution in [2.75, 3.05) is 72.2 Å². The molecular formula is C18H35IN4O2. The molecule has 25 heavy (non-hydrogen) atoms. The summed E-state index contributed by atoms with van der Waals surface area (Å²) >= 11 is 0. The van der Waals surface area contributed by atoms with Gasteiger partial charge in [-0.2, -0.15) is 0 Å². The lowest BCUT2D eigenvalue weighted by atomic mass is 10.1. The van der Waals surface area contributed by atoms with Crippen LogP contribution in [0.15, 0.2) is 4.99 Å². The van der Waals surface area contributed by atoms with Gasteiger partial charge in [0.1, 0.15) is 0 Å². The third kappa shape index (κ3) is 7.56. The Morgan fingerprint density at radius 2 is 1.96 bits per heavy atom. The number of morpholine rings is 1. The second-order valence-corrected chi connectivity index (χ2v) is 7.27. The monoisotopic (exact) mass is 466 g/mol. The Kier molecular flexibility index (Phi) is 9.80. The molecular weight excluding hydrogens is 431 g/mol. The van der Waals surface area contributed by atoms with Crippen LogP contribution < -0.4 is 5.32 Å². The highest BCUT2D eigenvalue weighted by molar-refractivity contribution is 14.0. The van der Waals surface area contributed by atoms with E-state index in [9.17, 15) is 0 Å². The van der Waals surface area contributed by atoms with Gasteiger partial charge in [-0.25, -0.2) is 0 Å². The van der Waals surface area contributed by atoms with Crippen LogP contribution in [0.2, 0.25) is 0 Å². The van der Waals surface area contributed by atoms with Crippen molar-refractivity contribution in [3.8, 4) is 0 Å². The van der Waals surface area contributed by atoms with Crippen molar-refractivity contribution in [3.05, 3.63) is 0 Å². The maximum Gasteiger partial charge on any atom is 0.194 e. The molecule has 1 atom stereocenters. The summed E-state index contributed by atoms with van der Waals surface area (Å²) in [5.74, 6) is 2.65. The van der Waals surface area contributed by atoms with Gasteiger partial charge in [-0.3, -0.25) is 9.89 Å². The average Bonchev–Trinajstić information content (AvgIpc) is 3.32. The van der Waals surface area contributed by atoms with Crippen LogP contribution in [0.3, 0.4) is 0 Å². The largest absolute Gasteiger partial charge is 0.379 e. The Bertz CT molecular complexity index is 401. The van der Waals surface area contributed by atoms with Crippen LogP contribution in [0.1, 0.15) is 26.2 Å². The van der Waals surface area contributed by atoms with Crippen molar-refractivity contribution in [3.63, 3.8) is 0 Å². The highest BCUT2D eigenvalue weighted by Gasteiger charge is 2.27. The minimum Gasteiger partial charge on any atom is -0.379 e. The molecule has 0 aromatic carbocycles. The van der Waals surface area contributed by atoms with E-state index in [2.05, 4.69) is 22.0 Å². The molecule has 0 spiro atoms. The number of aliphatic imine (C=N–C) groups is 1. The van der Waals surface area contributed by atoms with E-state index in [1.807, 2.05) is 0 Å². The van der Waals surface area contributed by atoms with E-state index < -0.39 is 0 Å². The van der Waals surface area contributed by atoms with Crippen molar-refractivity contribution < 1.29 is 9.47 Å². The van der Waals surface area contributed by atoms with Gasteiger partial charge in [-0.05, 0) is 38.0 Å². The fraction of sp³-hybridized carbons (Fsp3) is 0.944. The molecule has 2 saturated heterocycles. The standard InChI is InChI=1S/C18H34N4O2.HI/c1-2-19-18(20-6-10-24-15-16-3-4-16)22-7-5-17(14-22)13-21-8-11-23-12-9-21;/h16-17H,2-15H2,1H3,(H,19,20);1H. The summed E-state index contributed by atoms with van der Waals surface area (Å²) < 4.78 is 11.1. The highest BCUT2D eigenvalue weighted by atomic mass is 127. The van der Waals surface area contributed by atoms with Gasteiger partial charge in [0.15, 0.2) is 5.96 Å². The summed E-state index contributed by atoms with van der Waals surface area (Å²) in [7, 11) is 0. The number of hydrogen-bond acceptors (Lipinski definition) is 4. The third-order valence-corrected chi connectivity index (χ3v) is 5.09. The van der Waals surface area contributed by atoms with E-state index in [1.165, 1.54) is 25.8 Å². The lowest BCUT2D eigenvalue weighted by Gasteiger charge is -2.29. The van der Waals surface area contributed by atoms with Gasteiger partial charge in [-0.1, -0.05) is 0 Å². The van der Waals surface area contributed by atoms with Gasteiger partial charge in [0.05, 0.1) is 26.4 Å². The number of hydrogen-bond donors (Lipinski definition) is 1. The van der Waals surface area contributed by atoms with E-state index in [1.54, 1.807) is 0 Å². The van der Waals surface area contributed by atoms with Crippen LogP contribution in [0.25, 0.3) is 0 Å². The fourth-order valence-corrected chi connectivity index (χ4v) is 3.50. The van der Waals surface area contributed by atoms with Gasteiger partial charge in [0.25, 0.3) is 0 Å². The first-order valence-corrected chi connectivity index (χ1v) is 9.76. The number of guanidine groups is 1. The highest BCUT2D eigenvalue weighted by Crippen LogP contribution is 2.28. The summed E-state index contributed by atoms with van der Waals surface area (Å²) in [5, 5.41) is 3.45. The quantitative estimate of drug-likeness (QED) is 0.255. The summed E-state index contributed by atoms with van der Waals surface area (Å²) in [6.07, 6.45) is 3.97. The smallest absolute Gasteiger partial charge is 0.194 e. The second-order valence-electron chi connectivity index (χ2n) is 7.27. The minimum absolute atomic E-state index is 0. The zero-order valence-electron chi connectivity index (χ0n) is 15.6. The Morgan fingerprint density at radius 1 is 1.16 bits per heavy atom. The number of likely N-dealkylation sites (tertiary alicyclic amines) is 1. The van der Waals surface area contributed by atoms with Crippen molar-refractivity contribution in [1.82, 2.24) is 15.1 Å². The summed E-state index contributed by atoms with van der Waals surface area (Å²) in [6.45, 7) is 12.9. The van der Waals surface area contributed by atoms with E-state index in [4.69, 9.17) is 14.5 Å². The Balaban J connectivity index is 0.00000225. The SMILES string of the molecule is CCNC(=NCCOCC1CC1)N1CCC(CN2CCOCC2)C1.I. The predicted molar refractivity (Wildman–Crippen MR) is 112 cm³/mol. The number of rotatable bonds is 8. The van der Waals surface area contributed by atoms with Crippen LogP contribution >= 0.6 is 24.0 Å². The maximum atomic E-state index is 5.70. The Labute approximate surface area is 169 Å². The van der Waals surface area contributed by atoms with Gasteiger partial charge in [-0.15, -0.1) is 24.0 Å². The molecule has 0 bridgehead atoms. The van der Waals surface area contributed by atoms with Crippen LogP contribution in [-0.4, -0.2) is 88.0 Å².